The first-order valence-electron chi connectivity index (χ1n) is 9.37. The minimum absolute atomic E-state index is 0.107. The van der Waals surface area contributed by atoms with Crippen LogP contribution < -0.4 is 4.74 Å². The Kier molecular flexibility index (Phi) is 5.54. The smallest absolute Gasteiger partial charge is 0.257 e. The minimum atomic E-state index is -0.278. The zero-order valence-electron chi connectivity index (χ0n) is 16.6. The molecular formula is C23H21N3O3S. The number of phenols is 1. The molecule has 1 amide bonds. The maximum atomic E-state index is 12.9. The van der Waals surface area contributed by atoms with Gasteiger partial charge >= 0.3 is 0 Å². The van der Waals surface area contributed by atoms with Crippen LogP contribution in [-0.4, -0.2) is 39.9 Å². The minimum Gasteiger partial charge on any atom is -0.507 e. The summed E-state index contributed by atoms with van der Waals surface area (Å²) in [4.78, 5) is 15.6. The molecule has 0 saturated heterocycles. The zero-order chi connectivity index (χ0) is 21.1. The van der Waals surface area contributed by atoms with Crippen LogP contribution in [-0.2, 0) is 6.54 Å². The summed E-state index contributed by atoms with van der Waals surface area (Å²) in [5.41, 5.74) is 2.94. The summed E-state index contributed by atoms with van der Waals surface area (Å²) < 4.78 is 6.92. The predicted octanol–water partition coefficient (Wildman–Crippen LogP) is 4.59. The molecule has 0 saturated carbocycles. The highest BCUT2D eigenvalue weighted by molar-refractivity contribution is 7.13. The standard InChI is InChI=1S/C23H21N3O3S/c1-25(23(28)19-11-10-18(29-2)13-20(19)27)14-16-15-26(17-7-4-3-5-8-17)24-22(16)21-9-6-12-30-21/h3-13,15,27H,14H2,1-2H3. The van der Waals surface area contributed by atoms with Crippen LogP contribution in [0.5, 0.6) is 11.5 Å². The molecular weight excluding hydrogens is 398 g/mol. The number of hydrogen-bond donors (Lipinski definition) is 1. The van der Waals surface area contributed by atoms with E-state index in [0.717, 1.165) is 21.8 Å². The molecule has 0 fully saturated rings. The van der Waals surface area contributed by atoms with Crippen LogP contribution >= 0.6 is 11.3 Å². The molecule has 1 N–H and O–H groups in total. The van der Waals surface area contributed by atoms with E-state index in [9.17, 15) is 9.90 Å². The fraction of sp³-hybridized carbons (Fsp3) is 0.130. The lowest BCUT2D eigenvalue weighted by Crippen LogP contribution is -2.26. The zero-order valence-corrected chi connectivity index (χ0v) is 17.5. The van der Waals surface area contributed by atoms with Crippen LogP contribution in [0.4, 0.5) is 0 Å². The van der Waals surface area contributed by atoms with Gasteiger partial charge < -0.3 is 14.7 Å². The summed E-state index contributed by atoms with van der Waals surface area (Å²) in [5.74, 6) is 0.111. The normalized spacial score (nSPS) is 10.7. The molecule has 152 valence electrons. The van der Waals surface area contributed by atoms with E-state index >= 15 is 0 Å². The molecule has 4 aromatic rings. The molecule has 2 aromatic heterocycles. The Morgan fingerprint density at radius 2 is 1.97 bits per heavy atom. The van der Waals surface area contributed by atoms with Gasteiger partial charge in [-0.3, -0.25) is 4.79 Å². The Morgan fingerprint density at radius 3 is 2.63 bits per heavy atom. The van der Waals surface area contributed by atoms with Crippen LogP contribution in [0.3, 0.4) is 0 Å². The second kappa shape index (κ2) is 8.42. The molecule has 2 aromatic carbocycles. The molecule has 0 unspecified atom stereocenters. The number of ether oxygens (including phenoxy) is 1. The predicted molar refractivity (Wildman–Crippen MR) is 117 cm³/mol. The van der Waals surface area contributed by atoms with Crippen LogP contribution in [0.25, 0.3) is 16.3 Å². The average molecular weight is 420 g/mol. The highest BCUT2D eigenvalue weighted by atomic mass is 32.1. The van der Waals surface area contributed by atoms with E-state index in [1.807, 2.05) is 58.7 Å². The number of rotatable bonds is 6. The lowest BCUT2D eigenvalue weighted by Gasteiger charge is -2.18. The second-order valence-corrected chi connectivity index (χ2v) is 7.75. The quantitative estimate of drug-likeness (QED) is 0.496. The SMILES string of the molecule is COc1ccc(C(=O)N(C)Cc2cn(-c3ccccc3)nc2-c2cccs2)c(O)c1. The summed E-state index contributed by atoms with van der Waals surface area (Å²) in [6.07, 6.45) is 1.95. The Bertz CT molecular complexity index is 1150. The van der Waals surface area contributed by atoms with Gasteiger partial charge in [0, 0.05) is 31.4 Å². The Hall–Kier alpha value is -3.58. The molecule has 2 heterocycles. The Morgan fingerprint density at radius 1 is 1.17 bits per heavy atom. The molecule has 0 aliphatic heterocycles. The van der Waals surface area contributed by atoms with Gasteiger partial charge in [0.15, 0.2) is 0 Å². The molecule has 0 aliphatic carbocycles. The summed E-state index contributed by atoms with van der Waals surface area (Å²) in [5, 5.41) is 17.0. The number of nitrogens with zero attached hydrogens (tertiary/aromatic N) is 3. The third-order valence-electron chi connectivity index (χ3n) is 4.75. The third kappa shape index (κ3) is 3.92. The van der Waals surface area contributed by atoms with Crippen LogP contribution in [0.2, 0.25) is 0 Å². The fourth-order valence-electron chi connectivity index (χ4n) is 3.21. The van der Waals surface area contributed by atoms with Gasteiger partial charge in [0.1, 0.15) is 17.2 Å². The Balaban J connectivity index is 1.65. The van der Waals surface area contributed by atoms with Crippen molar-refractivity contribution in [2.45, 2.75) is 6.54 Å². The largest absolute Gasteiger partial charge is 0.507 e. The number of para-hydroxylation sites is 1. The van der Waals surface area contributed by atoms with Crippen molar-refractivity contribution in [2.24, 2.45) is 0 Å². The number of thiophene rings is 1. The van der Waals surface area contributed by atoms with Crippen LogP contribution in [0, 0.1) is 0 Å². The van der Waals surface area contributed by atoms with Crippen molar-refractivity contribution in [3.63, 3.8) is 0 Å². The van der Waals surface area contributed by atoms with E-state index in [0.29, 0.717) is 12.3 Å². The number of methoxy groups -OCH3 is 1. The number of benzene rings is 2. The highest BCUT2D eigenvalue weighted by Gasteiger charge is 2.20. The van der Waals surface area contributed by atoms with Crippen molar-refractivity contribution >= 4 is 17.2 Å². The van der Waals surface area contributed by atoms with Crippen molar-refractivity contribution in [3.8, 4) is 27.8 Å². The molecule has 0 aliphatic rings. The van der Waals surface area contributed by atoms with Crippen molar-refractivity contribution < 1.29 is 14.6 Å². The topological polar surface area (TPSA) is 67.6 Å². The van der Waals surface area contributed by atoms with Gasteiger partial charge in [-0.2, -0.15) is 5.10 Å². The maximum Gasteiger partial charge on any atom is 0.257 e. The van der Waals surface area contributed by atoms with Crippen molar-refractivity contribution in [3.05, 3.63) is 83.4 Å². The van der Waals surface area contributed by atoms with E-state index in [-0.39, 0.29) is 17.2 Å². The van der Waals surface area contributed by atoms with Gasteiger partial charge in [-0.25, -0.2) is 4.68 Å². The van der Waals surface area contributed by atoms with Gasteiger partial charge in [-0.05, 0) is 35.7 Å². The molecule has 0 atom stereocenters. The fourth-order valence-corrected chi connectivity index (χ4v) is 3.96. The van der Waals surface area contributed by atoms with Crippen LogP contribution in [0.15, 0.2) is 72.2 Å². The van der Waals surface area contributed by atoms with Gasteiger partial charge in [0.05, 0.1) is 23.2 Å². The van der Waals surface area contributed by atoms with E-state index < -0.39 is 0 Å². The molecule has 0 spiro atoms. The van der Waals surface area contributed by atoms with Crippen molar-refractivity contribution in [1.82, 2.24) is 14.7 Å². The summed E-state index contributed by atoms with van der Waals surface area (Å²) in [6, 6.07) is 18.5. The van der Waals surface area contributed by atoms with Crippen LogP contribution in [0.1, 0.15) is 15.9 Å². The summed E-state index contributed by atoms with van der Waals surface area (Å²) in [6.45, 7) is 0.352. The number of carbonyl (C=O) groups excluding carboxylic acids is 1. The summed E-state index contributed by atoms with van der Waals surface area (Å²) in [7, 11) is 3.23. The van der Waals surface area contributed by atoms with E-state index in [4.69, 9.17) is 9.84 Å². The number of hydrogen-bond acceptors (Lipinski definition) is 5. The van der Waals surface area contributed by atoms with E-state index in [1.165, 1.54) is 13.2 Å². The number of phenolic OH excluding ortho intramolecular Hbond substituents is 1. The van der Waals surface area contributed by atoms with Gasteiger partial charge in [-0.15, -0.1) is 11.3 Å². The maximum absolute atomic E-state index is 12.9. The van der Waals surface area contributed by atoms with Gasteiger partial charge in [0.2, 0.25) is 0 Å². The second-order valence-electron chi connectivity index (χ2n) is 6.80. The third-order valence-corrected chi connectivity index (χ3v) is 5.63. The molecule has 6 nitrogen and oxygen atoms in total. The molecule has 0 bridgehead atoms. The highest BCUT2D eigenvalue weighted by Crippen LogP contribution is 2.30. The number of carbonyl (C=O) groups is 1. The lowest BCUT2D eigenvalue weighted by molar-refractivity contribution is 0.0782. The van der Waals surface area contributed by atoms with Gasteiger partial charge in [0.25, 0.3) is 5.91 Å². The van der Waals surface area contributed by atoms with Crippen molar-refractivity contribution in [2.75, 3.05) is 14.2 Å². The number of aromatic hydroxyl groups is 1. The average Bonchev–Trinajstić information content (AvgIpc) is 3.43. The number of aromatic nitrogens is 2. The first kappa shape index (κ1) is 19.7. The van der Waals surface area contributed by atoms with Gasteiger partial charge in [-0.1, -0.05) is 24.3 Å². The number of amides is 1. The van der Waals surface area contributed by atoms with Crippen molar-refractivity contribution in [1.29, 1.82) is 0 Å². The monoisotopic (exact) mass is 419 g/mol. The summed E-state index contributed by atoms with van der Waals surface area (Å²) >= 11 is 1.60. The Labute approximate surface area is 178 Å². The molecule has 4 rings (SSSR count). The van der Waals surface area contributed by atoms with E-state index in [2.05, 4.69) is 0 Å². The molecule has 7 heteroatoms. The lowest BCUT2D eigenvalue weighted by atomic mass is 10.1. The molecule has 30 heavy (non-hydrogen) atoms. The first-order valence-corrected chi connectivity index (χ1v) is 10.2. The molecule has 0 radical (unpaired) electrons. The van der Waals surface area contributed by atoms with E-state index in [1.54, 1.807) is 35.4 Å². The first-order chi connectivity index (χ1) is 14.6.